The molecule has 10 nitrogen and oxygen atoms in total. The van der Waals surface area contributed by atoms with Crippen LogP contribution in [0.1, 0.15) is 11.7 Å². The van der Waals surface area contributed by atoms with Crippen LogP contribution in [-0.2, 0) is 4.74 Å². The van der Waals surface area contributed by atoms with Gasteiger partial charge in [0.2, 0.25) is 0 Å². The van der Waals surface area contributed by atoms with Crippen LogP contribution in [0.25, 0.3) is 10.7 Å². The molecule has 162 valence electrons. The molecule has 3 N–H and O–H groups in total. The first-order valence-electron chi connectivity index (χ1n) is 8.79. The minimum absolute atomic E-state index is 0.0788. The van der Waals surface area contributed by atoms with Gasteiger partial charge >= 0.3 is 0 Å². The minimum Gasteiger partial charge on any atom is -0.394 e. The van der Waals surface area contributed by atoms with Gasteiger partial charge in [-0.2, -0.15) is 5.26 Å². The van der Waals surface area contributed by atoms with Crippen molar-refractivity contribution < 1.29 is 20.1 Å². The van der Waals surface area contributed by atoms with E-state index in [1.807, 2.05) is 6.07 Å². The summed E-state index contributed by atoms with van der Waals surface area (Å²) in [6.45, 7) is -0.475. The van der Waals surface area contributed by atoms with Gasteiger partial charge in [0.25, 0.3) is 0 Å². The lowest BCUT2D eigenvalue weighted by atomic mass is 9.97. The Kier molecular flexibility index (Phi) is 6.75. The number of nitrogens with zero attached hydrogens (tertiary/aromatic N) is 6. The number of nitriles is 1. The minimum atomic E-state index is -1.26. The number of hydrogen-bond acceptors (Lipinski definition) is 11. The Balaban J connectivity index is 1.60. The topological polar surface area (TPSA) is 150 Å². The monoisotopic (exact) mass is 500 g/mol. The van der Waals surface area contributed by atoms with E-state index in [1.54, 1.807) is 5.38 Å². The average molecular weight is 501 g/mol. The summed E-state index contributed by atoms with van der Waals surface area (Å²) in [5.74, 6) is 0. The highest BCUT2D eigenvalue weighted by molar-refractivity contribution is 7.99. The summed E-state index contributed by atoms with van der Waals surface area (Å²) in [6.07, 6.45) is -0.498. The van der Waals surface area contributed by atoms with Crippen molar-refractivity contribution in [2.24, 2.45) is 0 Å². The lowest BCUT2D eigenvalue weighted by Gasteiger charge is -2.41. The normalized spacial score (nSPS) is 26.0. The third-order valence-corrected chi connectivity index (χ3v) is 7.13. The summed E-state index contributed by atoms with van der Waals surface area (Å²) in [6, 6.07) is 2.45. The van der Waals surface area contributed by atoms with Crippen LogP contribution in [0.15, 0.2) is 28.7 Å². The predicted molar refractivity (Wildman–Crippen MR) is 113 cm³/mol. The van der Waals surface area contributed by atoms with Gasteiger partial charge in [-0.15, -0.1) is 16.4 Å². The van der Waals surface area contributed by atoms with Crippen LogP contribution >= 0.6 is 46.3 Å². The second kappa shape index (κ2) is 9.35. The van der Waals surface area contributed by atoms with Crippen LogP contribution < -0.4 is 0 Å². The number of aliphatic hydroxyl groups is 3. The number of thioether (sulfide) groups is 1. The molecule has 14 heteroatoms. The molecule has 1 fully saturated rings. The van der Waals surface area contributed by atoms with Gasteiger partial charge in [-0.3, -0.25) is 0 Å². The zero-order chi connectivity index (χ0) is 22.1. The van der Waals surface area contributed by atoms with E-state index in [2.05, 4.69) is 20.3 Å². The highest BCUT2D eigenvalue weighted by Gasteiger charge is 2.46. The summed E-state index contributed by atoms with van der Waals surface area (Å²) in [5, 5.41) is 51.0. The van der Waals surface area contributed by atoms with Crippen molar-refractivity contribution in [2.75, 3.05) is 6.61 Å². The Morgan fingerprint density at radius 2 is 2.13 bits per heavy atom. The summed E-state index contributed by atoms with van der Waals surface area (Å²) < 4.78 is 7.02. The maximum Gasteiger partial charge on any atom is 0.159 e. The number of aromatic nitrogens is 5. The standard InChI is InChI=1S/C17H14Cl2N6O4S2/c18-8-1-7(3-21-9(8)2-20)31-17-15(28)13(14(27)11(5-26)29-17)25-4-10(23-24-25)16-22-12(19)6-30-16/h1,3-4,6,11,13-15,17,26-28H,5H2/t11-,13+,14+,15-,17-/m1/s1. The lowest BCUT2D eigenvalue weighted by Crippen LogP contribution is -2.55. The molecule has 0 aromatic carbocycles. The van der Waals surface area contributed by atoms with Crippen LogP contribution in [-0.4, -0.2) is 70.6 Å². The van der Waals surface area contributed by atoms with E-state index in [0.717, 1.165) is 11.8 Å². The zero-order valence-corrected chi connectivity index (χ0v) is 18.6. The van der Waals surface area contributed by atoms with Crippen LogP contribution in [0, 0.1) is 11.3 Å². The second-order valence-corrected chi connectivity index (χ2v) is 9.31. The summed E-state index contributed by atoms with van der Waals surface area (Å²) in [5.41, 5.74) is -0.385. The van der Waals surface area contributed by atoms with Crippen molar-refractivity contribution in [1.29, 1.82) is 5.26 Å². The number of pyridine rings is 1. The number of thiazole rings is 1. The summed E-state index contributed by atoms with van der Waals surface area (Å²) in [4.78, 5) is 8.64. The number of halogens is 2. The smallest absolute Gasteiger partial charge is 0.159 e. The lowest BCUT2D eigenvalue weighted by molar-refractivity contribution is -0.178. The molecular weight excluding hydrogens is 487 g/mol. The third kappa shape index (κ3) is 4.55. The van der Waals surface area contributed by atoms with Crippen molar-refractivity contribution in [3.63, 3.8) is 0 Å². The molecule has 31 heavy (non-hydrogen) atoms. The molecular formula is C17H14Cl2N6O4S2. The molecule has 0 radical (unpaired) electrons. The molecule has 0 unspecified atom stereocenters. The molecule has 0 saturated carbocycles. The fourth-order valence-electron chi connectivity index (χ4n) is 3.07. The van der Waals surface area contributed by atoms with Crippen LogP contribution in [0.5, 0.6) is 0 Å². The Hall–Kier alpha value is -1.82. The Morgan fingerprint density at radius 3 is 2.77 bits per heavy atom. The largest absolute Gasteiger partial charge is 0.394 e. The molecule has 3 aromatic heterocycles. The van der Waals surface area contributed by atoms with Gasteiger partial charge in [-0.05, 0) is 6.07 Å². The molecule has 0 bridgehead atoms. The van der Waals surface area contributed by atoms with E-state index in [1.165, 1.54) is 34.5 Å². The molecule has 0 amide bonds. The fourth-order valence-corrected chi connectivity index (χ4v) is 5.31. The van der Waals surface area contributed by atoms with E-state index < -0.39 is 36.4 Å². The SMILES string of the molecule is N#Cc1ncc(S[C@H]2O[C@H](CO)[C@H](O)[C@H](n3cc(-c4nc(Cl)cs4)nn3)[C@H]2O)cc1Cl. The van der Waals surface area contributed by atoms with E-state index >= 15 is 0 Å². The molecule has 5 atom stereocenters. The number of hydrogen-bond donors (Lipinski definition) is 3. The third-order valence-electron chi connectivity index (χ3n) is 4.53. The van der Waals surface area contributed by atoms with Crippen molar-refractivity contribution >= 4 is 46.3 Å². The van der Waals surface area contributed by atoms with Gasteiger partial charge in [-0.25, -0.2) is 14.6 Å². The first-order valence-corrected chi connectivity index (χ1v) is 11.3. The molecule has 3 aromatic rings. The predicted octanol–water partition coefficient (Wildman–Crippen LogP) is 1.75. The Morgan fingerprint density at radius 1 is 1.32 bits per heavy atom. The van der Waals surface area contributed by atoms with E-state index in [-0.39, 0.29) is 10.7 Å². The molecule has 1 aliphatic heterocycles. The highest BCUT2D eigenvalue weighted by atomic mass is 35.5. The first kappa shape index (κ1) is 22.4. The van der Waals surface area contributed by atoms with Crippen molar-refractivity contribution in [3.05, 3.63) is 39.7 Å². The molecule has 0 spiro atoms. The van der Waals surface area contributed by atoms with Crippen molar-refractivity contribution in [2.45, 2.75) is 34.7 Å². The van der Waals surface area contributed by atoms with E-state index in [0.29, 0.717) is 20.8 Å². The Labute approximate surface area is 194 Å². The zero-order valence-electron chi connectivity index (χ0n) is 15.4. The van der Waals surface area contributed by atoms with Gasteiger partial charge in [0.15, 0.2) is 5.69 Å². The van der Waals surface area contributed by atoms with Gasteiger partial charge in [0.05, 0.1) is 17.8 Å². The average Bonchev–Trinajstić information content (AvgIpc) is 3.39. The van der Waals surface area contributed by atoms with Gasteiger partial charge in [0, 0.05) is 16.5 Å². The molecule has 1 aliphatic rings. The fraction of sp³-hybridized carbons (Fsp3) is 0.353. The van der Waals surface area contributed by atoms with Gasteiger partial charge < -0.3 is 20.1 Å². The number of ether oxygens (including phenoxy) is 1. The maximum atomic E-state index is 11.0. The Bertz CT molecular complexity index is 1120. The molecule has 0 aliphatic carbocycles. The molecule has 4 heterocycles. The quantitative estimate of drug-likeness (QED) is 0.472. The van der Waals surface area contributed by atoms with Crippen LogP contribution in [0.4, 0.5) is 0 Å². The summed E-state index contributed by atoms with van der Waals surface area (Å²) >= 11 is 14.3. The molecule has 4 rings (SSSR count). The highest BCUT2D eigenvalue weighted by Crippen LogP contribution is 2.38. The number of aliphatic hydroxyl groups excluding tert-OH is 3. The van der Waals surface area contributed by atoms with Crippen LogP contribution in [0.3, 0.4) is 0 Å². The second-order valence-electron chi connectivity index (χ2n) is 6.49. The first-order chi connectivity index (χ1) is 14.9. The molecule has 1 saturated heterocycles. The van der Waals surface area contributed by atoms with Gasteiger partial charge in [0.1, 0.15) is 51.7 Å². The van der Waals surface area contributed by atoms with Crippen LogP contribution in [0.2, 0.25) is 10.2 Å². The van der Waals surface area contributed by atoms with E-state index in [9.17, 15) is 15.3 Å². The summed E-state index contributed by atoms with van der Waals surface area (Å²) in [7, 11) is 0. The van der Waals surface area contributed by atoms with Gasteiger partial charge in [-0.1, -0.05) is 40.2 Å². The maximum absolute atomic E-state index is 11.0. The van der Waals surface area contributed by atoms with E-state index in [4.69, 9.17) is 33.2 Å². The number of rotatable bonds is 5. The van der Waals surface area contributed by atoms with Crippen molar-refractivity contribution in [1.82, 2.24) is 25.0 Å². The van der Waals surface area contributed by atoms with Crippen molar-refractivity contribution in [3.8, 4) is 16.8 Å².